The first-order valence-corrected chi connectivity index (χ1v) is 9.13. The summed E-state index contributed by atoms with van der Waals surface area (Å²) in [6.07, 6.45) is -4.43. The summed E-state index contributed by atoms with van der Waals surface area (Å²) in [5.74, 6) is -1.76. The summed E-state index contributed by atoms with van der Waals surface area (Å²) in [5, 5.41) is 2.01. The molecule has 2 aromatic carbocycles. The van der Waals surface area contributed by atoms with Crippen molar-refractivity contribution in [3.05, 3.63) is 71.0 Å². The average molecular weight is 408 g/mol. The van der Waals surface area contributed by atoms with Crippen LogP contribution < -0.4 is 5.32 Å². The first-order valence-electron chi connectivity index (χ1n) is 9.13. The molecule has 1 N–H and O–H groups in total. The predicted octanol–water partition coefficient (Wildman–Crippen LogP) is 4.08. The van der Waals surface area contributed by atoms with Gasteiger partial charge in [0, 0.05) is 13.5 Å². The lowest BCUT2D eigenvalue weighted by Crippen LogP contribution is -2.43. The molecule has 0 saturated heterocycles. The minimum Gasteiger partial charge on any atom is -0.341 e. The molecule has 2 atom stereocenters. The molecular formula is C21H20F4N2O2. The van der Waals surface area contributed by atoms with E-state index in [1.807, 2.05) is 17.4 Å². The second-order valence-corrected chi connectivity index (χ2v) is 6.97. The number of hydrogen-bond donors (Lipinski definition) is 1. The van der Waals surface area contributed by atoms with Crippen LogP contribution in [0, 0.1) is 5.82 Å². The van der Waals surface area contributed by atoms with E-state index < -0.39 is 30.0 Å². The Kier molecular flexibility index (Phi) is 5.91. The molecule has 0 fully saturated rings. The molecule has 2 amide bonds. The minimum absolute atomic E-state index is 0.247. The Bertz CT molecular complexity index is 896. The molecule has 4 nitrogen and oxygen atoms in total. The van der Waals surface area contributed by atoms with E-state index in [2.05, 4.69) is 0 Å². The standard InChI is InChI=1S/C21H20F4N2O2/c1-13(28)27-11-10-14-4-2-3-5-17(14)18(27)12-19(29)26-20(21(23,24)25)15-6-8-16(22)9-7-15/h2-9,18,20H,10-12H2,1H3,(H,26,29). The van der Waals surface area contributed by atoms with Gasteiger partial charge in [0.2, 0.25) is 11.8 Å². The molecule has 2 aromatic rings. The van der Waals surface area contributed by atoms with Crippen molar-refractivity contribution in [2.75, 3.05) is 6.54 Å². The van der Waals surface area contributed by atoms with Gasteiger partial charge in [0.05, 0.1) is 12.5 Å². The largest absolute Gasteiger partial charge is 0.412 e. The molecule has 0 bridgehead atoms. The van der Waals surface area contributed by atoms with E-state index in [0.29, 0.717) is 13.0 Å². The number of halogens is 4. The third-order valence-corrected chi connectivity index (χ3v) is 5.03. The van der Waals surface area contributed by atoms with Crippen molar-refractivity contribution in [3.8, 4) is 0 Å². The van der Waals surface area contributed by atoms with E-state index in [1.54, 1.807) is 12.1 Å². The number of nitrogens with zero attached hydrogens (tertiary/aromatic N) is 1. The summed E-state index contributed by atoms with van der Waals surface area (Å²) in [6, 6.07) is 8.18. The summed E-state index contributed by atoms with van der Waals surface area (Å²) >= 11 is 0. The Hall–Kier alpha value is -2.90. The van der Waals surface area contributed by atoms with Gasteiger partial charge in [0.25, 0.3) is 0 Å². The van der Waals surface area contributed by atoms with Gasteiger partial charge in [-0.3, -0.25) is 9.59 Å². The van der Waals surface area contributed by atoms with Gasteiger partial charge in [-0.1, -0.05) is 36.4 Å². The first kappa shape index (κ1) is 20.8. The van der Waals surface area contributed by atoms with E-state index in [9.17, 15) is 27.2 Å². The van der Waals surface area contributed by atoms with E-state index >= 15 is 0 Å². The van der Waals surface area contributed by atoms with E-state index in [0.717, 1.165) is 35.4 Å². The van der Waals surface area contributed by atoms with Crippen LogP contribution in [0.25, 0.3) is 0 Å². The molecule has 154 valence electrons. The lowest BCUT2D eigenvalue weighted by atomic mass is 9.90. The van der Waals surface area contributed by atoms with Crippen LogP contribution >= 0.6 is 0 Å². The first-order chi connectivity index (χ1) is 13.7. The van der Waals surface area contributed by atoms with Crippen LogP contribution in [0.5, 0.6) is 0 Å². The van der Waals surface area contributed by atoms with E-state index in [4.69, 9.17) is 0 Å². The number of fused-ring (bicyclic) bond motifs is 1. The predicted molar refractivity (Wildman–Crippen MR) is 98.2 cm³/mol. The summed E-state index contributed by atoms with van der Waals surface area (Å²) in [5.41, 5.74) is 1.46. The SMILES string of the molecule is CC(=O)N1CCc2ccccc2C1CC(=O)NC(c1ccc(F)cc1)C(F)(F)F. The fourth-order valence-electron chi connectivity index (χ4n) is 3.65. The lowest BCUT2D eigenvalue weighted by molar-refractivity contribution is -0.164. The molecule has 0 radical (unpaired) electrons. The Balaban J connectivity index is 1.83. The highest BCUT2D eigenvalue weighted by Gasteiger charge is 2.42. The summed E-state index contributed by atoms with van der Waals surface area (Å²) in [4.78, 5) is 26.1. The van der Waals surface area contributed by atoms with Crippen LogP contribution in [-0.4, -0.2) is 29.4 Å². The molecule has 3 rings (SSSR count). The molecule has 0 spiro atoms. The van der Waals surface area contributed by atoms with Crippen LogP contribution in [0.15, 0.2) is 48.5 Å². The Morgan fingerprint density at radius 1 is 1.14 bits per heavy atom. The smallest absolute Gasteiger partial charge is 0.341 e. The minimum atomic E-state index is -4.75. The molecule has 0 saturated carbocycles. The van der Waals surface area contributed by atoms with Crippen molar-refractivity contribution in [2.45, 2.75) is 38.0 Å². The van der Waals surface area contributed by atoms with Gasteiger partial charge in [0.15, 0.2) is 6.04 Å². The third kappa shape index (κ3) is 4.75. The zero-order valence-corrected chi connectivity index (χ0v) is 15.7. The zero-order valence-electron chi connectivity index (χ0n) is 15.7. The molecule has 0 aliphatic carbocycles. The monoisotopic (exact) mass is 408 g/mol. The maximum Gasteiger partial charge on any atom is 0.412 e. The van der Waals surface area contributed by atoms with Crippen molar-refractivity contribution >= 4 is 11.8 Å². The normalized spacial score (nSPS) is 17.4. The van der Waals surface area contributed by atoms with Gasteiger partial charge < -0.3 is 10.2 Å². The fraction of sp³-hybridized carbons (Fsp3) is 0.333. The molecule has 8 heteroatoms. The fourth-order valence-corrected chi connectivity index (χ4v) is 3.65. The second-order valence-electron chi connectivity index (χ2n) is 6.97. The number of nitrogens with one attached hydrogen (secondary N) is 1. The van der Waals surface area contributed by atoms with Crippen LogP contribution in [-0.2, 0) is 16.0 Å². The van der Waals surface area contributed by atoms with Gasteiger partial charge in [-0.15, -0.1) is 0 Å². The number of hydrogen-bond acceptors (Lipinski definition) is 2. The van der Waals surface area contributed by atoms with Crippen molar-refractivity contribution < 1.29 is 27.2 Å². The molecule has 0 aromatic heterocycles. The number of benzene rings is 2. The number of amides is 2. The highest BCUT2D eigenvalue weighted by atomic mass is 19.4. The van der Waals surface area contributed by atoms with Gasteiger partial charge in [-0.05, 0) is 35.2 Å². The number of carbonyl (C=O) groups is 2. The maximum atomic E-state index is 13.5. The number of rotatable bonds is 4. The maximum absolute atomic E-state index is 13.5. The lowest BCUT2D eigenvalue weighted by Gasteiger charge is -2.37. The molecule has 2 unspecified atom stereocenters. The van der Waals surface area contributed by atoms with Crippen LogP contribution in [0.4, 0.5) is 17.6 Å². The Labute approximate surface area is 165 Å². The van der Waals surface area contributed by atoms with Crippen molar-refractivity contribution in [1.82, 2.24) is 10.2 Å². The van der Waals surface area contributed by atoms with Gasteiger partial charge >= 0.3 is 6.18 Å². The number of alkyl halides is 3. The second kappa shape index (κ2) is 8.23. The summed E-state index contributed by atoms with van der Waals surface area (Å²) in [6.45, 7) is 1.76. The zero-order chi connectivity index (χ0) is 21.2. The Morgan fingerprint density at radius 3 is 2.41 bits per heavy atom. The highest BCUT2D eigenvalue weighted by molar-refractivity contribution is 5.80. The van der Waals surface area contributed by atoms with Crippen LogP contribution in [0.1, 0.15) is 42.1 Å². The highest BCUT2D eigenvalue weighted by Crippen LogP contribution is 2.35. The molecule has 29 heavy (non-hydrogen) atoms. The van der Waals surface area contributed by atoms with Crippen molar-refractivity contribution in [1.29, 1.82) is 0 Å². The van der Waals surface area contributed by atoms with E-state index in [-0.39, 0.29) is 17.9 Å². The van der Waals surface area contributed by atoms with Gasteiger partial charge in [0.1, 0.15) is 5.82 Å². The summed E-state index contributed by atoms with van der Waals surface area (Å²) in [7, 11) is 0. The average Bonchev–Trinajstić information content (AvgIpc) is 2.66. The van der Waals surface area contributed by atoms with Gasteiger partial charge in [-0.25, -0.2) is 4.39 Å². The topological polar surface area (TPSA) is 49.4 Å². The molecule has 1 aliphatic heterocycles. The quantitative estimate of drug-likeness (QED) is 0.775. The summed E-state index contributed by atoms with van der Waals surface area (Å²) < 4.78 is 53.6. The van der Waals surface area contributed by atoms with Crippen LogP contribution in [0.3, 0.4) is 0 Å². The van der Waals surface area contributed by atoms with E-state index in [1.165, 1.54) is 11.8 Å². The molecular weight excluding hydrogens is 388 g/mol. The van der Waals surface area contributed by atoms with Crippen LogP contribution in [0.2, 0.25) is 0 Å². The molecule has 1 aliphatic rings. The van der Waals surface area contributed by atoms with Gasteiger partial charge in [-0.2, -0.15) is 13.2 Å². The third-order valence-electron chi connectivity index (χ3n) is 5.03. The number of carbonyl (C=O) groups excluding carboxylic acids is 2. The molecule has 1 heterocycles. The Morgan fingerprint density at radius 2 is 1.79 bits per heavy atom. The van der Waals surface area contributed by atoms with Crippen molar-refractivity contribution in [2.24, 2.45) is 0 Å². The van der Waals surface area contributed by atoms with Crippen molar-refractivity contribution in [3.63, 3.8) is 0 Å².